The van der Waals surface area contributed by atoms with Gasteiger partial charge in [-0.05, 0) is 30.5 Å². The monoisotopic (exact) mass is 327 g/mol. The van der Waals surface area contributed by atoms with Crippen molar-refractivity contribution in [2.75, 3.05) is 26.2 Å². The van der Waals surface area contributed by atoms with Gasteiger partial charge in [-0.3, -0.25) is 4.79 Å². The predicted octanol–water partition coefficient (Wildman–Crippen LogP) is -0.00230. The third kappa shape index (κ3) is 5.57. The average molecular weight is 328 g/mol. The molecular weight excluding hydrogens is 304 g/mol. The van der Waals surface area contributed by atoms with E-state index in [1.807, 2.05) is 24.3 Å². The molecule has 1 aromatic rings. The van der Waals surface area contributed by atoms with Crippen molar-refractivity contribution in [3.63, 3.8) is 0 Å². The highest BCUT2D eigenvalue weighted by Gasteiger charge is 2.28. The molecule has 1 aliphatic rings. The quantitative estimate of drug-likeness (QED) is 0.659. The number of carbonyl (C=O) groups excluding carboxylic acids is 1. The summed E-state index contributed by atoms with van der Waals surface area (Å²) < 4.78 is 5.54. The summed E-state index contributed by atoms with van der Waals surface area (Å²) in [5.74, 6) is -0.295. The van der Waals surface area contributed by atoms with E-state index >= 15 is 0 Å². The first-order chi connectivity index (χ1) is 10.5. The highest BCUT2D eigenvalue weighted by molar-refractivity contribution is 6.30. The van der Waals surface area contributed by atoms with Gasteiger partial charge in [0.1, 0.15) is 12.6 Å². The SMILES string of the molecule is NC(=O)[C@H]1CCC[NH+](C[C@@H](O)COCc2ccc(Cl)cc2)C1. The summed E-state index contributed by atoms with van der Waals surface area (Å²) >= 11 is 5.82. The number of hydrogen-bond acceptors (Lipinski definition) is 3. The summed E-state index contributed by atoms with van der Waals surface area (Å²) in [5, 5.41) is 10.8. The van der Waals surface area contributed by atoms with Crippen molar-refractivity contribution < 1.29 is 19.5 Å². The Kier molecular flexibility index (Phi) is 6.64. The molecule has 0 bridgehead atoms. The number of nitrogens with two attached hydrogens (primary N) is 1. The summed E-state index contributed by atoms with van der Waals surface area (Å²) in [6.45, 7) is 3.01. The van der Waals surface area contributed by atoms with Crippen molar-refractivity contribution in [2.24, 2.45) is 11.7 Å². The molecule has 1 heterocycles. The Balaban J connectivity index is 1.68. The number of primary amides is 1. The van der Waals surface area contributed by atoms with Crippen molar-refractivity contribution >= 4 is 17.5 Å². The highest BCUT2D eigenvalue weighted by atomic mass is 35.5. The van der Waals surface area contributed by atoms with Crippen LogP contribution in [0.5, 0.6) is 0 Å². The van der Waals surface area contributed by atoms with Gasteiger partial charge in [0.05, 0.1) is 32.2 Å². The van der Waals surface area contributed by atoms with E-state index in [0.29, 0.717) is 24.7 Å². The van der Waals surface area contributed by atoms with Gasteiger partial charge in [0.15, 0.2) is 0 Å². The Morgan fingerprint density at radius 2 is 2.18 bits per heavy atom. The summed E-state index contributed by atoms with van der Waals surface area (Å²) in [7, 11) is 0. The largest absolute Gasteiger partial charge is 0.385 e. The fourth-order valence-electron chi connectivity index (χ4n) is 2.86. The summed E-state index contributed by atoms with van der Waals surface area (Å²) in [5.41, 5.74) is 6.39. The van der Waals surface area contributed by atoms with Gasteiger partial charge in [0.25, 0.3) is 0 Å². The average Bonchev–Trinajstić information content (AvgIpc) is 2.49. The molecule has 4 N–H and O–H groups in total. The molecule has 6 heteroatoms. The molecule has 1 amide bonds. The van der Waals surface area contributed by atoms with E-state index in [-0.39, 0.29) is 18.4 Å². The second-order valence-electron chi connectivity index (χ2n) is 5.95. The molecular formula is C16H24ClN2O3+. The second-order valence-corrected chi connectivity index (χ2v) is 6.38. The van der Waals surface area contributed by atoms with Gasteiger partial charge in [-0.2, -0.15) is 0 Å². The minimum atomic E-state index is -0.533. The van der Waals surface area contributed by atoms with Crippen LogP contribution >= 0.6 is 11.6 Å². The van der Waals surface area contributed by atoms with Crippen molar-refractivity contribution in [2.45, 2.75) is 25.6 Å². The Morgan fingerprint density at radius 1 is 1.45 bits per heavy atom. The molecule has 3 atom stereocenters. The number of aliphatic hydroxyl groups is 1. The van der Waals surface area contributed by atoms with E-state index in [2.05, 4.69) is 0 Å². The van der Waals surface area contributed by atoms with Gasteiger partial charge < -0.3 is 20.5 Å². The molecule has 1 unspecified atom stereocenters. The van der Waals surface area contributed by atoms with Crippen LogP contribution in [0, 0.1) is 5.92 Å². The number of ether oxygens (including phenoxy) is 1. The fraction of sp³-hybridized carbons (Fsp3) is 0.562. The number of rotatable bonds is 7. The van der Waals surface area contributed by atoms with Crippen LogP contribution in [0.1, 0.15) is 18.4 Å². The topological polar surface area (TPSA) is 77.0 Å². The standard InChI is InChI=1S/C16H23ClN2O3/c17-14-5-3-12(4-6-14)10-22-11-15(20)9-19-7-1-2-13(8-19)16(18)21/h3-6,13,15,20H,1-2,7-11H2,(H2,18,21)/p+1/t13-,15+/m0/s1. The van der Waals surface area contributed by atoms with E-state index in [9.17, 15) is 9.90 Å². The normalized spacial score (nSPS) is 23.2. The van der Waals surface area contributed by atoms with Crippen molar-refractivity contribution in [1.29, 1.82) is 0 Å². The molecule has 5 nitrogen and oxygen atoms in total. The number of likely N-dealkylation sites (tertiary alicyclic amines) is 1. The number of nitrogens with one attached hydrogen (secondary N) is 1. The van der Waals surface area contributed by atoms with E-state index in [1.54, 1.807) is 0 Å². The number of piperidine rings is 1. The van der Waals surface area contributed by atoms with Crippen molar-refractivity contribution in [3.05, 3.63) is 34.9 Å². The lowest BCUT2D eigenvalue weighted by Crippen LogP contribution is -3.15. The third-order valence-corrected chi connectivity index (χ3v) is 4.29. The van der Waals surface area contributed by atoms with Gasteiger partial charge in [-0.1, -0.05) is 23.7 Å². The molecule has 122 valence electrons. The molecule has 1 saturated heterocycles. The summed E-state index contributed by atoms with van der Waals surface area (Å²) in [6, 6.07) is 7.45. The number of halogens is 1. The lowest BCUT2D eigenvalue weighted by atomic mass is 9.97. The van der Waals surface area contributed by atoms with E-state index in [1.165, 1.54) is 4.90 Å². The maximum absolute atomic E-state index is 11.3. The van der Waals surface area contributed by atoms with Crippen LogP contribution in [0.2, 0.25) is 5.02 Å². The Morgan fingerprint density at radius 3 is 2.86 bits per heavy atom. The second kappa shape index (κ2) is 8.48. The van der Waals surface area contributed by atoms with E-state index in [0.717, 1.165) is 24.9 Å². The number of aliphatic hydroxyl groups excluding tert-OH is 1. The van der Waals surface area contributed by atoms with Gasteiger partial charge in [-0.15, -0.1) is 0 Å². The van der Waals surface area contributed by atoms with Crippen LogP contribution in [0.3, 0.4) is 0 Å². The molecule has 22 heavy (non-hydrogen) atoms. The fourth-order valence-corrected chi connectivity index (χ4v) is 2.99. The maximum atomic E-state index is 11.3. The number of quaternary nitrogens is 1. The zero-order valence-corrected chi connectivity index (χ0v) is 13.4. The zero-order valence-electron chi connectivity index (χ0n) is 12.6. The molecule has 0 aliphatic carbocycles. The number of hydrogen-bond donors (Lipinski definition) is 3. The molecule has 0 saturated carbocycles. The highest BCUT2D eigenvalue weighted by Crippen LogP contribution is 2.10. The smallest absolute Gasteiger partial charge is 0.226 e. The molecule has 2 rings (SSSR count). The minimum Gasteiger partial charge on any atom is -0.385 e. The Bertz CT molecular complexity index is 481. The van der Waals surface area contributed by atoms with Crippen molar-refractivity contribution in [3.8, 4) is 0 Å². The summed E-state index contributed by atoms with van der Waals surface area (Å²) in [6.07, 6.45) is 1.30. The molecule has 1 aliphatic heterocycles. The predicted molar refractivity (Wildman–Crippen MR) is 84.6 cm³/mol. The Hall–Kier alpha value is -1.14. The van der Waals surface area contributed by atoms with Crippen LogP contribution in [-0.4, -0.2) is 43.4 Å². The maximum Gasteiger partial charge on any atom is 0.226 e. The minimum absolute atomic E-state index is 0.0639. The van der Waals surface area contributed by atoms with Gasteiger partial charge in [-0.25, -0.2) is 0 Å². The number of amides is 1. The van der Waals surface area contributed by atoms with E-state index in [4.69, 9.17) is 22.1 Å². The van der Waals surface area contributed by atoms with E-state index < -0.39 is 6.10 Å². The number of carbonyl (C=O) groups is 1. The van der Waals surface area contributed by atoms with Crippen LogP contribution in [0.4, 0.5) is 0 Å². The molecule has 0 radical (unpaired) electrons. The molecule has 1 aromatic carbocycles. The first-order valence-electron chi connectivity index (χ1n) is 7.67. The first kappa shape index (κ1) is 17.2. The lowest BCUT2D eigenvalue weighted by molar-refractivity contribution is -0.910. The number of benzene rings is 1. The molecule has 0 spiro atoms. The zero-order chi connectivity index (χ0) is 15.9. The van der Waals surface area contributed by atoms with Gasteiger partial charge in [0, 0.05) is 5.02 Å². The van der Waals surface area contributed by atoms with Crippen LogP contribution in [0.15, 0.2) is 24.3 Å². The van der Waals surface area contributed by atoms with Crippen molar-refractivity contribution in [1.82, 2.24) is 0 Å². The molecule has 1 fully saturated rings. The summed E-state index contributed by atoms with van der Waals surface area (Å²) in [4.78, 5) is 12.5. The molecule has 0 aromatic heterocycles. The van der Waals surface area contributed by atoms with Crippen LogP contribution in [0.25, 0.3) is 0 Å². The van der Waals surface area contributed by atoms with Gasteiger partial charge >= 0.3 is 0 Å². The van der Waals surface area contributed by atoms with Crippen LogP contribution < -0.4 is 10.6 Å². The first-order valence-corrected chi connectivity index (χ1v) is 8.05. The third-order valence-electron chi connectivity index (χ3n) is 4.04. The Labute approximate surface area is 136 Å². The van der Waals surface area contributed by atoms with Gasteiger partial charge in [0.2, 0.25) is 5.91 Å². The van der Waals surface area contributed by atoms with Crippen LogP contribution in [-0.2, 0) is 16.1 Å². The lowest BCUT2D eigenvalue weighted by Gasteiger charge is -2.29.